The van der Waals surface area contributed by atoms with Crippen LogP contribution in [0.1, 0.15) is 33.1 Å². The number of thioether (sulfide) groups is 1. The number of rotatable bonds is 7. The monoisotopic (exact) mass is 244 g/mol. The van der Waals surface area contributed by atoms with Gasteiger partial charge in [0.05, 0.1) is 12.7 Å². The van der Waals surface area contributed by atoms with Gasteiger partial charge in [-0.05, 0) is 24.3 Å². The minimum absolute atomic E-state index is 0.0847. The van der Waals surface area contributed by atoms with E-state index in [0.717, 1.165) is 38.2 Å². The molecule has 1 aliphatic rings. The third-order valence-corrected chi connectivity index (χ3v) is 3.87. The van der Waals surface area contributed by atoms with Crippen molar-refractivity contribution in [1.29, 1.82) is 0 Å². The van der Waals surface area contributed by atoms with Crippen molar-refractivity contribution in [2.24, 2.45) is 5.92 Å². The molecule has 0 spiro atoms. The normalized spacial score (nSPS) is 22.8. The van der Waals surface area contributed by atoms with Crippen molar-refractivity contribution < 1.29 is 4.79 Å². The smallest absolute Gasteiger partial charge is 0.240 e. The zero-order chi connectivity index (χ0) is 12.0. The fourth-order valence-electron chi connectivity index (χ4n) is 2.11. The first-order valence-electron chi connectivity index (χ1n) is 6.20. The Kier molecular flexibility index (Phi) is 6.21. The lowest BCUT2D eigenvalue weighted by Gasteiger charge is -2.19. The minimum Gasteiger partial charge on any atom is -0.328 e. The van der Waals surface area contributed by atoms with Crippen molar-refractivity contribution in [2.45, 2.75) is 39.2 Å². The van der Waals surface area contributed by atoms with Crippen LogP contribution in [0.25, 0.3) is 0 Å². The molecule has 1 saturated heterocycles. The number of nitrogens with one attached hydrogen (secondary N) is 1. The van der Waals surface area contributed by atoms with E-state index in [-0.39, 0.29) is 6.04 Å². The standard InChI is InChI=1S/C12H24N2OS/c1-4-5-6-11-12(15)14(9-13-11)7-10(2)8-16-3/h10-11,13H,4-9H2,1-3H3. The number of hydrogen-bond donors (Lipinski definition) is 1. The van der Waals surface area contributed by atoms with Gasteiger partial charge in [-0.1, -0.05) is 26.7 Å². The number of carbonyl (C=O) groups is 1. The maximum absolute atomic E-state index is 12.0. The van der Waals surface area contributed by atoms with Gasteiger partial charge in [-0.3, -0.25) is 10.1 Å². The molecule has 4 heteroatoms. The van der Waals surface area contributed by atoms with E-state index in [9.17, 15) is 4.79 Å². The molecule has 0 aromatic rings. The van der Waals surface area contributed by atoms with E-state index in [1.54, 1.807) is 0 Å². The van der Waals surface area contributed by atoms with E-state index in [1.165, 1.54) is 0 Å². The van der Waals surface area contributed by atoms with Crippen molar-refractivity contribution in [3.63, 3.8) is 0 Å². The molecule has 0 aromatic carbocycles. The molecule has 1 heterocycles. The highest BCUT2D eigenvalue weighted by molar-refractivity contribution is 7.98. The average Bonchev–Trinajstić information content (AvgIpc) is 2.58. The first-order chi connectivity index (χ1) is 7.69. The average molecular weight is 244 g/mol. The van der Waals surface area contributed by atoms with Crippen molar-refractivity contribution in [3.8, 4) is 0 Å². The van der Waals surface area contributed by atoms with E-state index in [2.05, 4.69) is 25.4 Å². The third kappa shape index (κ3) is 3.98. The molecule has 3 nitrogen and oxygen atoms in total. The molecule has 0 aromatic heterocycles. The number of unbranched alkanes of at least 4 members (excludes halogenated alkanes) is 1. The van der Waals surface area contributed by atoms with Gasteiger partial charge in [-0.15, -0.1) is 0 Å². The van der Waals surface area contributed by atoms with Crippen molar-refractivity contribution in [1.82, 2.24) is 10.2 Å². The maximum atomic E-state index is 12.0. The molecular formula is C12H24N2OS. The fraction of sp³-hybridized carbons (Fsp3) is 0.917. The first-order valence-corrected chi connectivity index (χ1v) is 7.59. The van der Waals surface area contributed by atoms with Crippen LogP contribution >= 0.6 is 11.8 Å². The summed E-state index contributed by atoms with van der Waals surface area (Å²) in [5.74, 6) is 2.02. The molecular weight excluding hydrogens is 220 g/mol. The number of amides is 1. The van der Waals surface area contributed by atoms with E-state index in [1.807, 2.05) is 16.7 Å². The van der Waals surface area contributed by atoms with Crippen LogP contribution in [-0.4, -0.2) is 42.1 Å². The molecule has 1 N–H and O–H groups in total. The molecule has 1 amide bonds. The van der Waals surface area contributed by atoms with Crippen LogP contribution in [0.4, 0.5) is 0 Å². The Balaban J connectivity index is 2.32. The highest BCUT2D eigenvalue weighted by Gasteiger charge is 2.30. The molecule has 2 unspecified atom stereocenters. The molecule has 0 bridgehead atoms. The minimum atomic E-state index is 0.0847. The van der Waals surface area contributed by atoms with Crippen molar-refractivity contribution >= 4 is 17.7 Å². The van der Waals surface area contributed by atoms with Gasteiger partial charge < -0.3 is 4.90 Å². The molecule has 1 fully saturated rings. The largest absolute Gasteiger partial charge is 0.328 e. The molecule has 0 aliphatic carbocycles. The van der Waals surface area contributed by atoms with Crippen molar-refractivity contribution in [3.05, 3.63) is 0 Å². The van der Waals surface area contributed by atoms with Crippen molar-refractivity contribution in [2.75, 3.05) is 25.2 Å². The van der Waals surface area contributed by atoms with Gasteiger partial charge in [0.15, 0.2) is 0 Å². The molecule has 1 aliphatic heterocycles. The van der Waals surface area contributed by atoms with E-state index in [4.69, 9.17) is 0 Å². The Hall–Kier alpha value is -0.220. The predicted octanol–water partition coefficient (Wildman–Crippen LogP) is 1.93. The molecule has 94 valence electrons. The van der Waals surface area contributed by atoms with Crippen LogP contribution < -0.4 is 5.32 Å². The summed E-state index contributed by atoms with van der Waals surface area (Å²) in [6.07, 6.45) is 5.40. The van der Waals surface area contributed by atoms with Gasteiger partial charge in [0, 0.05) is 6.54 Å². The van der Waals surface area contributed by atoms with Crippen LogP contribution in [0.3, 0.4) is 0 Å². The van der Waals surface area contributed by atoms with Crippen LogP contribution in [0.15, 0.2) is 0 Å². The second kappa shape index (κ2) is 7.17. The van der Waals surface area contributed by atoms with Crippen LogP contribution in [-0.2, 0) is 4.79 Å². The summed E-state index contributed by atoms with van der Waals surface area (Å²) in [7, 11) is 0. The quantitative estimate of drug-likeness (QED) is 0.743. The van der Waals surface area contributed by atoms with Gasteiger partial charge in [-0.2, -0.15) is 11.8 Å². The summed E-state index contributed by atoms with van der Waals surface area (Å²) < 4.78 is 0. The lowest BCUT2D eigenvalue weighted by Crippen LogP contribution is -2.33. The Morgan fingerprint density at radius 2 is 2.38 bits per heavy atom. The second-order valence-corrected chi connectivity index (χ2v) is 5.59. The topological polar surface area (TPSA) is 32.3 Å². The van der Waals surface area contributed by atoms with Crippen LogP contribution in [0, 0.1) is 5.92 Å². The Labute approximate surface area is 103 Å². The summed E-state index contributed by atoms with van der Waals surface area (Å²) in [6, 6.07) is 0.0847. The van der Waals surface area contributed by atoms with Gasteiger partial charge in [0.25, 0.3) is 0 Å². The summed E-state index contributed by atoms with van der Waals surface area (Å²) >= 11 is 1.85. The summed E-state index contributed by atoms with van der Waals surface area (Å²) in [4.78, 5) is 14.0. The van der Waals surface area contributed by atoms with Gasteiger partial charge >= 0.3 is 0 Å². The second-order valence-electron chi connectivity index (χ2n) is 4.68. The molecule has 0 saturated carbocycles. The predicted molar refractivity (Wildman–Crippen MR) is 70.6 cm³/mol. The van der Waals surface area contributed by atoms with Gasteiger partial charge in [-0.25, -0.2) is 0 Å². The highest BCUT2D eigenvalue weighted by Crippen LogP contribution is 2.13. The fourth-order valence-corrected chi connectivity index (χ4v) is 2.78. The molecule has 0 radical (unpaired) electrons. The summed E-state index contributed by atoms with van der Waals surface area (Å²) in [6.45, 7) is 6.02. The number of nitrogens with zero attached hydrogens (tertiary/aromatic N) is 1. The van der Waals surface area contributed by atoms with Gasteiger partial charge in [0.1, 0.15) is 0 Å². The Morgan fingerprint density at radius 1 is 1.62 bits per heavy atom. The summed E-state index contributed by atoms with van der Waals surface area (Å²) in [5.41, 5.74) is 0. The Bertz CT molecular complexity index is 223. The Morgan fingerprint density at radius 3 is 3.00 bits per heavy atom. The molecule has 2 atom stereocenters. The molecule has 16 heavy (non-hydrogen) atoms. The van der Waals surface area contributed by atoms with E-state index >= 15 is 0 Å². The maximum Gasteiger partial charge on any atom is 0.240 e. The lowest BCUT2D eigenvalue weighted by molar-refractivity contribution is -0.129. The molecule has 1 rings (SSSR count). The van der Waals surface area contributed by atoms with Gasteiger partial charge in [0.2, 0.25) is 5.91 Å². The number of hydrogen-bond acceptors (Lipinski definition) is 3. The zero-order valence-corrected chi connectivity index (χ0v) is 11.5. The van der Waals surface area contributed by atoms with Crippen LogP contribution in [0.2, 0.25) is 0 Å². The zero-order valence-electron chi connectivity index (χ0n) is 10.7. The van der Waals surface area contributed by atoms with E-state index in [0.29, 0.717) is 11.8 Å². The van der Waals surface area contributed by atoms with E-state index < -0.39 is 0 Å². The first kappa shape index (κ1) is 13.8. The summed E-state index contributed by atoms with van der Waals surface area (Å²) in [5, 5.41) is 3.31. The SMILES string of the molecule is CCCCC1NCN(CC(C)CSC)C1=O. The lowest BCUT2D eigenvalue weighted by atomic mass is 10.1. The highest BCUT2D eigenvalue weighted by atomic mass is 32.2. The van der Waals surface area contributed by atoms with Crippen LogP contribution in [0.5, 0.6) is 0 Å². The third-order valence-electron chi connectivity index (χ3n) is 2.97. The number of carbonyl (C=O) groups excluding carboxylic acids is 1.